The molecule has 1 saturated heterocycles. The molecule has 8 heteroatoms. The topological polar surface area (TPSA) is 95.1 Å². The molecule has 1 unspecified atom stereocenters. The molecule has 1 aliphatic heterocycles. The van der Waals surface area contributed by atoms with E-state index in [1.165, 1.54) is 17.7 Å². The third-order valence-corrected chi connectivity index (χ3v) is 7.65. The smallest absolute Gasteiger partial charge is 0.158 e. The number of hydrogen-bond donors (Lipinski definition) is 3. The van der Waals surface area contributed by atoms with Crippen LogP contribution in [0.25, 0.3) is 27.8 Å². The third-order valence-electron chi connectivity index (χ3n) is 7.65. The van der Waals surface area contributed by atoms with Crippen LogP contribution >= 0.6 is 0 Å². The van der Waals surface area contributed by atoms with Gasteiger partial charge in [0, 0.05) is 48.8 Å². The lowest BCUT2D eigenvalue weighted by molar-refractivity contribution is 0.181. The second-order valence-electron chi connectivity index (χ2n) is 11.1. The van der Waals surface area contributed by atoms with Crippen LogP contribution in [0, 0.1) is 12.8 Å². The van der Waals surface area contributed by atoms with Crippen molar-refractivity contribution in [2.75, 3.05) is 30.6 Å². The number of nitrogen functional groups attached to an aromatic ring is 1. The number of anilines is 2. The summed E-state index contributed by atoms with van der Waals surface area (Å²) in [7, 11) is 0. The molecular formula is C35H37FN4O3. The molecule has 4 aromatic rings. The fraction of sp³-hybridized carbons (Fsp3) is 0.229. The summed E-state index contributed by atoms with van der Waals surface area (Å²) in [6, 6.07) is 21.8. The number of pyridine rings is 1. The molecule has 2 heterocycles. The van der Waals surface area contributed by atoms with E-state index in [4.69, 9.17) is 10.5 Å². The summed E-state index contributed by atoms with van der Waals surface area (Å²) in [5, 5.41) is 20.2. The van der Waals surface area contributed by atoms with Crippen molar-refractivity contribution in [1.29, 1.82) is 0 Å². The summed E-state index contributed by atoms with van der Waals surface area (Å²) >= 11 is 0. The number of phenolic OH excluding ortho intramolecular Hbond substituents is 2. The number of aromatic nitrogens is 1. The molecule has 3 aromatic carbocycles. The minimum Gasteiger partial charge on any atom is -0.504 e. The summed E-state index contributed by atoms with van der Waals surface area (Å²) in [5.41, 5.74) is 13.3. The molecule has 43 heavy (non-hydrogen) atoms. The normalized spacial score (nSPS) is 15.5. The first-order valence-corrected chi connectivity index (χ1v) is 14.3. The molecule has 0 spiro atoms. The van der Waals surface area contributed by atoms with Gasteiger partial charge >= 0.3 is 0 Å². The lowest BCUT2D eigenvalue weighted by atomic mass is 10.0. The van der Waals surface area contributed by atoms with Gasteiger partial charge in [0.2, 0.25) is 0 Å². The van der Waals surface area contributed by atoms with E-state index in [2.05, 4.69) is 54.2 Å². The number of allylic oxidation sites excluding steroid dienone is 2. The zero-order chi connectivity index (χ0) is 30.5. The maximum absolute atomic E-state index is 15.7. The number of phenols is 2. The van der Waals surface area contributed by atoms with Gasteiger partial charge in [0.25, 0.3) is 0 Å². The molecule has 0 aliphatic carbocycles. The highest BCUT2D eigenvalue weighted by Gasteiger charge is 2.19. The monoisotopic (exact) mass is 580 g/mol. The predicted octanol–water partition coefficient (Wildman–Crippen LogP) is 7.67. The van der Waals surface area contributed by atoms with E-state index >= 15 is 4.48 Å². The standard InChI is InChI=1S/C35H37FN4O3/c1-23-4-6-27(7-5-23)24(2)19-39(21-26-14-15-43-22-26)20-25(3)40(36)31-11-8-28(9-12-31)32-16-30(18-38-35(32)37)29-10-13-33(41)34(42)17-29/h4-13,16-20,26,41-42H,14-15,21-22H2,1-3H3,(H2,37,38)/b24-19+,25-20+. The Morgan fingerprint density at radius 2 is 1.67 bits per heavy atom. The van der Waals surface area contributed by atoms with Gasteiger partial charge in [-0.15, -0.1) is 0 Å². The Balaban J connectivity index is 1.37. The number of hydrogen-bond acceptors (Lipinski definition) is 7. The minimum absolute atomic E-state index is 0.198. The molecule has 0 amide bonds. The number of aryl methyl sites for hydroxylation is 1. The molecule has 4 N–H and O–H groups in total. The quantitative estimate of drug-likeness (QED) is 0.138. The molecule has 7 nitrogen and oxygen atoms in total. The van der Waals surface area contributed by atoms with Crippen LogP contribution in [0.3, 0.4) is 0 Å². The van der Waals surface area contributed by atoms with Gasteiger partial charge in [-0.2, -0.15) is 5.12 Å². The van der Waals surface area contributed by atoms with Crippen molar-refractivity contribution >= 4 is 17.1 Å². The van der Waals surface area contributed by atoms with Crippen LogP contribution < -0.4 is 10.9 Å². The molecule has 1 atom stereocenters. The molecule has 5 rings (SSSR count). The lowest BCUT2D eigenvalue weighted by Gasteiger charge is -2.24. The molecule has 1 aromatic heterocycles. The van der Waals surface area contributed by atoms with Crippen molar-refractivity contribution in [1.82, 2.24) is 9.88 Å². The Kier molecular flexibility index (Phi) is 8.97. The van der Waals surface area contributed by atoms with Gasteiger partial charge < -0.3 is 25.6 Å². The first kappa shape index (κ1) is 29.7. The van der Waals surface area contributed by atoms with Gasteiger partial charge in [-0.05, 0) is 79.8 Å². The van der Waals surface area contributed by atoms with Crippen LogP contribution in [0.1, 0.15) is 31.4 Å². The number of benzene rings is 3. The SMILES string of the molecule is C/C(=C\N(/C=C(\C)N(F)c1ccc(-c2cc(-c3ccc(O)c(O)c3)cnc2N)cc1)CC1CCOC1)c1ccc(C)cc1. The molecular weight excluding hydrogens is 543 g/mol. The van der Waals surface area contributed by atoms with E-state index in [0.29, 0.717) is 46.0 Å². The number of halogens is 1. The van der Waals surface area contributed by atoms with E-state index in [1.807, 2.05) is 12.3 Å². The fourth-order valence-corrected chi connectivity index (χ4v) is 5.14. The van der Waals surface area contributed by atoms with Crippen molar-refractivity contribution in [2.45, 2.75) is 27.2 Å². The molecule has 1 fully saturated rings. The van der Waals surface area contributed by atoms with E-state index in [1.54, 1.807) is 43.5 Å². The van der Waals surface area contributed by atoms with Gasteiger partial charge in [0.05, 0.1) is 18.0 Å². The summed E-state index contributed by atoms with van der Waals surface area (Å²) < 4.78 is 21.3. The maximum Gasteiger partial charge on any atom is 0.158 e. The zero-order valence-electron chi connectivity index (χ0n) is 24.7. The lowest BCUT2D eigenvalue weighted by Crippen LogP contribution is -2.23. The largest absolute Gasteiger partial charge is 0.504 e. The Morgan fingerprint density at radius 1 is 0.953 bits per heavy atom. The van der Waals surface area contributed by atoms with E-state index in [9.17, 15) is 10.2 Å². The van der Waals surface area contributed by atoms with Crippen molar-refractivity contribution in [3.05, 3.63) is 108 Å². The first-order chi connectivity index (χ1) is 20.7. The highest BCUT2D eigenvalue weighted by molar-refractivity contribution is 5.80. The molecule has 0 radical (unpaired) electrons. The number of nitrogens with two attached hydrogens (primary N) is 1. The second kappa shape index (κ2) is 13.0. The Hall–Kier alpha value is -4.82. The Morgan fingerprint density at radius 3 is 2.35 bits per heavy atom. The molecule has 0 bridgehead atoms. The molecule has 0 saturated carbocycles. The summed E-state index contributed by atoms with van der Waals surface area (Å²) in [4.78, 5) is 6.37. The summed E-state index contributed by atoms with van der Waals surface area (Å²) in [6.07, 6.45) is 6.49. The highest BCUT2D eigenvalue weighted by atomic mass is 19.2. The van der Waals surface area contributed by atoms with E-state index in [-0.39, 0.29) is 11.5 Å². The van der Waals surface area contributed by atoms with Crippen LogP contribution in [-0.4, -0.2) is 39.9 Å². The Bertz CT molecular complexity index is 1630. The van der Waals surface area contributed by atoms with Crippen LogP contribution in [0.2, 0.25) is 0 Å². The number of rotatable bonds is 9. The van der Waals surface area contributed by atoms with Crippen LogP contribution in [0.5, 0.6) is 11.5 Å². The highest BCUT2D eigenvalue weighted by Crippen LogP contribution is 2.34. The van der Waals surface area contributed by atoms with Crippen molar-refractivity contribution in [2.24, 2.45) is 5.92 Å². The predicted molar refractivity (Wildman–Crippen MR) is 171 cm³/mol. The summed E-state index contributed by atoms with van der Waals surface area (Å²) in [5.74, 6) is 0.285. The van der Waals surface area contributed by atoms with Gasteiger partial charge in [0.15, 0.2) is 11.5 Å². The molecule has 222 valence electrons. The van der Waals surface area contributed by atoms with Gasteiger partial charge in [-0.25, -0.2) is 4.98 Å². The minimum atomic E-state index is -0.220. The first-order valence-electron chi connectivity index (χ1n) is 14.3. The van der Waals surface area contributed by atoms with Crippen molar-refractivity contribution in [3.8, 4) is 33.8 Å². The van der Waals surface area contributed by atoms with Gasteiger partial charge in [0.1, 0.15) is 5.82 Å². The number of ether oxygens (including phenoxy) is 1. The van der Waals surface area contributed by atoms with Crippen LogP contribution in [0.4, 0.5) is 16.0 Å². The molecule has 1 aliphatic rings. The van der Waals surface area contributed by atoms with Crippen molar-refractivity contribution < 1.29 is 19.4 Å². The van der Waals surface area contributed by atoms with Crippen LogP contribution in [-0.2, 0) is 4.74 Å². The zero-order valence-corrected chi connectivity index (χ0v) is 24.7. The average Bonchev–Trinajstić information content (AvgIpc) is 3.52. The van der Waals surface area contributed by atoms with Crippen LogP contribution in [0.15, 0.2) is 97.1 Å². The van der Waals surface area contributed by atoms with E-state index in [0.717, 1.165) is 41.8 Å². The van der Waals surface area contributed by atoms with Crippen molar-refractivity contribution in [3.63, 3.8) is 0 Å². The van der Waals surface area contributed by atoms with Gasteiger partial charge in [-0.1, -0.05) is 52.5 Å². The Labute approximate surface area is 251 Å². The second-order valence-corrected chi connectivity index (χ2v) is 11.1. The average molecular weight is 581 g/mol. The third kappa shape index (κ3) is 7.16. The van der Waals surface area contributed by atoms with E-state index < -0.39 is 0 Å². The fourth-order valence-electron chi connectivity index (χ4n) is 5.14. The summed E-state index contributed by atoms with van der Waals surface area (Å²) in [6.45, 7) is 8.07. The number of nitrogens with zero attached hydrogens (tertiary/aromatic N) is 3. The van der Waals surface area contributed by atoms with Gasteiger partial charge in [-0.3, -0.25) is 0 Å². The number of aromatic hydroxyl groups is 2. The maximum atomic E-state index is 15.7.